The van der Waals surface area contributed by atoms with Crippen LogP contribution in [-0.4, -0.2) is 115 Å². The maximum absolute atomic E-state index is 14.1. The molecule has 2 aromatic rings. The molecule has 4 aliphatic rings. The minimum atomic E-state index is -0.498. The highest BCUT2D eigenvalue weighted by Crippen LogP contribution is 2.27. The molecule has 2 aromatic carbocycles. The molecule has 6 rings (SSSR count). The lowest BCUT2D eigenvalue weighted by atomic mass is 9.92. The van der Waals surface area contributed by atoms with Crippen molar-refractivity contribution in [1.29, 1.82) is 0 Å². The van der Waals surface area contributed by atoms with Crippen LogP contribution in [0.15, 0.2) is 42.5 Å². The van der Waals surface area contributed by atoms with E-state index in [0.717, 1.165) is 67.9 Å². The number of benzene rings is 2. The maximum Gasteiger partial charge on any atom is 0.322 e. The second-order valence-electron chi connectivity index (χ2n) is 13.3. The Labute approximate surface area is 277 Å². The molecule has 1 N–H and O–H groups in total. The number of amides is 4. The fraction of sp³-hybridized carbons (Fsp3) is 0.556. The molecular weight excluding hydrogens is 598 g/mol. The number of ether oxygens (including phenoxy) is 2. The van der Waals surface area contributed by atoms with E-state index in [1.807, 2.05) is 52.0 Å². The van der Waals surface area contributed by atoms with E-state index in [9.17, 15) is 19.2 Å². The molecule has 0 aliphatic carbocycles. The van der Waals surface area contributed by atoms with E-state index in [-0.39, 0.29) is 30.3 Å². The number of hydrogen-bond donors (Lipinski definition) is 1. The highest BCUT2D eigenvalue weighted by atomic mass is 16.5. The molecule has 0 aromatic heterocycles. The van der Waals surface area contributed by atoms with Gasteiger partial charge in [-0.1, -0.05) is 30.3 Å². The van der Waals surface area contributed by atoms with Crippen LogP contribution in [0.25, 0.3) is 0 Å². The zero-order chi connectivity index (χ0) is 32.8. The van der Waals surface area contributed by atoms with Crippen molar-refractivity contribution in [2.75, 3.05) is 64.3 Å². The van der Waals surface area contributed by atoms with Crippen LogP contribution in [-0.2, 0) is 32.0 Å². The number of carbonyl (C=O) groups excluding carboxylic acids is 4. The number of fused-ring (bicyclic) bond motifs is 1. The van der Waals surface area contributed by atoms with Gasteiger partial charge in [-0.05, 0) is 74.3 Å². The van der Waals surface area contributed by atoms with Crippen molar-refractivity contribution < 1.29 is 28.7 Å². The molecule has 0 saturated carbocycles. The Bertz CT molecular complexity index is 1430. The summed E-state index contributed by atoms with van der Waals surface area (Å²) in [5.74, 6) is -0.0155. The van der Waals surface area contributed by atoms with Crippen LogP contribution in [0.2, 0.25) is 0 Å². The zero-order valence-corrected chi connectivity index (χ0v) is 27.4. The van der Waals surface area contributed by atoms with Crippen molar-refractivity contribution in [3.63, 3.8) is 0 Å². The second kappa shape index (κ2) is 15.3. The number of piperidine rings is 1. The van der Waals surface area contributed by atoms with E-state index in [0.29, 0.717) is 70.2 Å². The number of nitrogens with zero attached hydrogens (tertiary/aromatic N) is 4. The van der Waals surface area contributed by atoms with Crippen LogP contribution in [0.5, 0.6) is 5.75 Å². The zero-order valence-electron chi connectivity index (χ0n) is 27.4. The molecule has 3 fully saturated rings. The Morgan fingerprint density at radius 2 is 1.68 bits per heavy atom. The van der Waals surface area contributed by atoms with E-state index in [1.165, 1.54) is 0 Å². The number of piperazine rings is 1. The lowest BCUT2D eigenvalue weighted by Crippen LogP contribution is -2.54. The Hall–Kier alpha value is -3.96. The monoisotopic (exact) mass is 645 g/mol. The number of rotatable bonds is 9. The Kier molecular flexibility index (Phi) is 10.7. The third-order valence-corrected chi connectivity index (χ3v) is 10.4. The van der Waals surface area contributed by atoms with Gasteiger partial charge in [-0.15, -0.1) is 0 Å². The minimum absolute atomic E-state index is 0.0199. The molecule has 0 bridgehead atoms. The summed E-state index contributed by atoms with van der Waals surface area (Å²) in [7, 11) is 0. The fourth-order valence-corrected chi connectivity index (χ4v) is 7.67. The third kappa shape index (κ3) is 7.96. The molecule has 47 heavy (non-hydrogen) atoms. The maximum atomic E-state index is 14.1. The van der Waals surface area contributed by atoms with E-state index >= 15 is 0 Å². The smallest absolute Gasteiger partial charge is 0.322 e. The number of para-hydroxylation sites is 1. The summed E-state index contributed by atoms with van der Waals surface area (Å²) in [6.07, 6.45) is 4.83. The molecule has 11 nitrogen and oxygen atoms in total. The number of likely N-dealkylation sites (tertiary alicyclic amines) is 1. The average molecular weight is 646 g/mol. The molecule has 0 unspecified atom stereocenters. The molecule has 11 heteroatoms. The Morgan fingerprint density at radius 1 is 0.936 bits per heavy atom. The van der Waals surface area contributed by atoms with Gasteiger partial charge in [0.05, 0.1) is 5.92 Å². The van der Waals surface area contributed by atoms with Crippen molar-refractivity contribution in [3.05, 3.63) is 59.2 Å². The first-order chi connectivity index (χ1) is 22.9. The number of nitrogens with one attached hydrogen (secondary N) is 1. The van der Waals surface area contributed by atoms with Gasteiger partial charge in [0, 0.05) is 83.2 Å². The summed E-state index contributed by atoms with van der Waals surface area (Å²) in [4.78, 5) is 60.1. The van der Waals surface area contributed by atoms with Gasteiger partial charge in [0.25, 0.3) is 6.47 Å². The van der Waals surface area contributed by atoms with Gasteiger partial charge in [0.2, 0.25) is 11.8 Å². The Morgan fingerprint density at radius 3 is 2.40 bits per heavy atom. The van der Waals surface area contributed by atoms with Crippen LogP contribution in [0, 0.1) is 12.8 Å². The number of anilines is 1. The topological polar surface area (TPSA) is 112 Å². The number of hydrogen-bond acceptors (Lipinski definition) is 7. The normalized spacial score (nSPS) is 20.6. The van der Waals surface area contributed by atoms with Crippen LogP contribution in [0.4, 0.5) is 10.5 Å². The van der Waals surface area contributed by atoms with Gasteiger partial charge in [-0.25, -0.2) is 4.79 Å². The first kappa shape index (κ1) is 33.0. The van der Waals surface area contributed by atoms with Crippen LogP contribution >= 0.6 is 0 Å². The SMILES string of the molecule is Cc1cc(C[C@@H](CC(=O)N2CCC(N3CCc4ccccc4NC3=O)CC2)C(=O)N2CCN(C3CCOCC3)CC2)ccc1OC=O. The summed E-state index contributed by atoms with van der Waals surface area (Å²) in [5, 5.41) is 3.06. The lowest BCUT2D eigenvalue weighted by Gasteiger charge is -2.41. The Balaban J connectivity index is 1.08. The van der Waals surface area contributed by atoms with E-state index in [1.54, 1.807) is 6.07 Å². The molecule has 3 saturated heterocycles. The number of aryl methyl sites for hydroxylation is 1. The van der Waals surface area contributed by atoms with Gasteiger partial charge in [0.1, 0.15) is 5.75 Å². The second-order valence-corrected chi connectivity index (χ2v) is 13.3. The minimum Gasteiger partial charge on any atom is -0.428 e. The molecule has 0 spiro atoms. The van der Waals surface area contributed by atoms with E-state index in [4.69, 9.17) is 9.47 Å². The average Bonchev–Trinajstić information content (AvgIpc) is 3.27. The van der Waals surface area contributed by atoms with Gasteiger partial charge in [0.15, 0.2) is 0 Å². The summed E-state index contributed by atoms with van der Waals surface area (Å²) < 4.78 is 10.6. The van der Waals surface area contributed by atoms with Crippen molar-refractivity contribution in [1.82, 2.24) is 19.6 Å². The molecule has 252 valence electrons. The molecule has 1 atom stereocenters. The molecule has 4 amide bonds. The first-order valence-corrected chi connectivity index (χ1v) is 17.1. The predicted octanol–water partition coefficient (Wildman–Crippen LogP) is 3.48. The number of urea groups is 1. The molecule has 4 aliphatic heterocycles. The highest BCUT2D eigenvalue weighted by molar-refractivity contribution is 5.91. The highest BCUT2D eigenvalue weighted by Gasteiger charge is 2.35. The summed E-state index contributed by atoms with van der Waals surface area (Å²) in [5.41, 5.74) is 3.74. The molecule has 4 heterocycles. The largest absolute Gasteiger partial charge is 0.428 e. The quantitative estimate of drug-likeness (QED) is 0.416. The van der Waals surface area contributed by atoms with Crippen molar-refractivity contribution >= 4 is 30.0 Å². The van der Waals surface area contributed by atoms with Crippen molar-refractivity contribution in [2.45, 2.75) is 64.0 Å². The molecule has 0 radical (unpaired) electrons. The lowest BCUT2D eigenvalue weighted by molar-refractivity contribution is -0.143. The standard InChI is InChI=1S/C36H47N5O6/c1-26-22-27(6-7-33(26)47-25-42)23-29(35(44)40-18-16-38(17-19-40)30-11-20-46-21-12-30)24-34(43)39-13-9-31(10-14-39)41-15-8-28-4-2-3-5-32(28)37-36(41)45/h2-7,22,25,29-31H,8-21,23-24H2,1H3,(H,37,45)/t29-/m0/s1. The fourth-order valence-electron chi connectivity index (χ4n) is 7.67. The van der Waals surface area contributed by atoms with Crippen molar-refractivity contribution in [3.8, 4) is 5.75 Å². The molecular formula is C36H47N5O6. The van der Waals surface area contributed by atoms with Crippen LogP contribution in [0.1, 0.15) is 48.8 Å². The van der Waals surface area contributed by atoms with Crippen molar-refractivity contribution in [2.24, 2.45) is 5.92 Å². The first-order valence-electron chi connectivity index (χ1n) is 17.1. The predicted molar refractivity (Wildman–Crippen MR) is 177 cm³/mol. The third-order valence-electron chi connectivity index (χ3n) is 10.4. The van der Waals surface area contributed by atoms with Gasteiger partial charge < -0.3 is 29.5 Å². The van der Waals surface area contributed by atoms with E-state index < -0.39 is 5.92 Å². The van der Waals surface area contributed by atoms with Crippen LogP contribution < -0.4 is 10.1 Å². The van der Waals surface area contributed by atoms with E-state index in [2.05, 4.69) is 16.3 Å². The van der Waals surface area contributed by atoms with Gasteiger partial charge in [-0.3, -0.25) is 19.3 Å². The van der Waals surface area contributed by atoms with Crippen LogP contribution in [0.3, 0.4) is 0 Å². The summed E-state index contributed by atoms with van der Waals surface area (Å²) in [6, 6.07) is 14.0. The summed E-state index contributed by atoms with van der Waals surface area (Å²) >= 11 is 0. The number of carbonyl (C=O) groups is 4. The van der Waals surface area contributed by atoms with Gasteiger partial charge in [-0.2, -0.15) is 0 Å². The summed E-state index contributed by atoms with van der Waals surface area (Å²) in [6.45, 7) is 8.59. The van der Waals surface area contributed by atoms with Gasteiger partial charge >= 0.3 is 6.03 Å².